The summed E-state index contributed by atoms with van der Waals surface area (Å²) in [6.45, 7) is 7.29. The first-order valence-electron chi connectivity index (χ1n) is 17.0. The van der Waals surface area contributed by atoms with Crippen molar-refractivity contribution < 1.29 is 19.1 Å². The summed E-state index contributed by atoms with van der Waals surface area (Å²) in [6, 6.07) is 7.64. The van der Waals surface area contributed by atoms with Crippen LogP contribution in [0.5, 0.6) is 0 Å². The lowest BCUT2D eigenvalue weighted by Crippen LogP contribution is -2.51. The highest BCUT2D eigenvalue weighted by Gasteiger charge is 2.38. The molecule has 3 fully saturated rings. The molecule has 1 aromatic carbocycles. The van der Waals surface area contributed by atoms with Gasteiger partial charge in [-0.15, -0.1) is 0 Å². The van der Waals surface area contributed by atoms with E-state index < -0.39 is 12.1 Å². The van der Waals surface area contributed by atoms with Gasteiger partial charge in [0.05, 0.1) is 25.0 Å². The Morgan fingerprint density at radius 1 is 0.915 bits per heavy atom. The molecule has 4 heterocycles. The largest absolute Gasteiger partial charge is 0.453 e. The Labute approximate surface area is 277 Å². The minimum absolute atomic E-state index is 0.0221. The van der Waals surface area contributed by atoms with Crippen molar-refractivity contribution in [3.05, 3.63) is 54.0 Å². The van der Waals surface area contributed by atoms with E-state index in [1.807, 2.05) is 54.7 Å². The number of piperazine rings is 1. The molecule has 47 heavy (non-hydrogen) atoms. The number of anilines is 1. The molecule has 12 heteroatoms. The van der Waals surface area contributed by atoms with Crippen LogP contribution < -0.4 is 10.2 Å². The molecular weight excluding hydrogens is 596 g/mol. The van der Waals surface area contributed by atoms with E-state index in [2.05, 4.69) is 39.0 Å². The van der Waals surface area contributed by atoms with E-state index in [4.69, 9.17) is 14.7 Å². The maximum Gasteiger partial charge on any atom is 0.407 e. The van der Waals surface area contributed by atoms with Crippen LogP contribution in [0.15, 0.2) is 36.7 Å². The van der Waals surface area contributed by atoms with Crippen LogP contribution in [-0.4, -0.2) is 92.7 Å². The van der Waals surface area contributed by atoms with Crippen LogP contribution in [0.4, 0.5) is 10.5 Å². The third-order valence-electron chi connectivity index (χ3n) is 10.2. The Hall–Kier alpha value is -4.35. The molecule has 1 aliphatic carbocycles. The number of likely N-dealkylation sites (tertiary alicyclic amines) is 1. The molecule has 2 aromatic heterocycles. The normalized spacial score (nSPS) is 19.4. The highest BCUT2D eigenvalue weighted by molar-refractivity contribution is 5.92. The zero-order valence-electron chi connectivity index (χ0n) is 28.3. The van der Waals surface area contributed by atoms with Crippen molar-refractivity contribution in [1.29, 1.82) is 0 Å². The average molecular weight is 645 g/mol. The number of rotatable bonds is 8. The van der Waals surface area contributed by atoms with Gasteiger partial charge in [-0.25, -0.2) is 14.8 Å². The molecule has 3 amide bonds. The highest BCUT2D eigenvalue weighted by Crippen LogP contribution is 2.35. The molecule has 2 aliphatic heterocycles. The highest BCUT2D eigenvalue weighted by atomic mass is 16.5. The minimum Gasteiger partial charge on any atom is -0.453 e. The van der Waals surface area contributed by atoms with Gasteiger partial charge in [-0.1, -0.05) is 38.8 Å². The standard InChI is InChI=1S/C35H48N8O4/c1-23(2)30(38-35(46)47-5)34(45)43-16-8-11-28(43)32-36-21-29(40(32)4)24-12-14-26(15-13-24)41-17-19-42(20-18-41)33(44)27-22-39(3)31(37-27)25-9-6-7-10-25/h12-15,21-23,25,28,30H,6-11,16-20H2,1-5H3,(H,38,46). The van der Waals surface area contributed by atoms with Crippen molar-refractivity contribution in [2.24, 2.45) is 20.0 Å². The van der Waals surface area contributed by atoms with E-state index in [9.17, 15) is 14.4 Å². The second kappa shape index (κ2) is 13.8. The zero-order chi connectivity index (χ0) is 33.2. The van der Waals surface area contributed by atoms with E-state index in [0.717, 1.165) is 67.4 Å². The number of carbonyl (C=O) groups is 3. The number of aryl methyl sites for hydroxylation is 1. The van der Waals surface area contributed by atoms with E-state index in [1.54, 1.807) is 0 Å². The number of ether oxygens (including phenoxy) is 1. The fourth-order valence-electron chi connectivity index (χ4n) is 7.50. The minimum atomic E-state index is -0.667. The lowest BCUT2D eigenvalue weighted by atomic mass is 10.0. The topological polar surface area (TPSA) is 118 Å². The summed E-state index contributed by atoms with van der Waals surface area (Å²) in [5.74, 6) is 2.18. The van der Waals surface area contributed by atoms with Gasteiger partial charge < -0.3 is 33.9 Å². The number of hydrogen-bond acceptors (Lipinski definition) is 7. The molecule has 0 radical (unpaired) electrons. The molecule has 0 spiro atoms. The predicted octanol–water partition coefficient (Wildman–Crippen LogP) is 4.48. The number of nitrogens with one attached hydrogen (secondary N) is 1. The maximum absolute atomic E-state index is 13.6. The zero-order valence-corrected chi connectivity index (χ0v) is 28.3. The number of amides is 3. The molecule has 3 aliphatic rings. The number of hydrogen-bond donors (Lipinski definition) is 1. The monoisotopic (exact) mass is 644 g/mol. The Bertz CT molecular complexity index is 1580. The molecule has 12 nitrogen and oxygen atoms in total. The average Bonchev–Trinajstić information content (AvgIpc) is 3.90. The summed E-state index contributed by atoms with van der Waals surface area (Å²) in [5.41, 5.74) is 3.70. The lowest BCUT2D eigenvalue weighted by Gasteiger charge is -2.36. The van der Waals surface area contributed by atoms with Gasteiger partial charge in [0.2, 0.25) is 5.91 Å². The van der Waals surface area contributed by atoms with Gasteiger partial charge in [0.1, 0.15) is 23.4 Å². The summed E-state index contributed by atoms with van der Waals surface area (Å²) < 4.78 is 8.88. The number of nitrogens with zero attached hydrogens (tertiary/aromatic N) is 7. The smallest absolute Gasteiger partial charge is 0.407 e. The van der Waals surface area contributed by atoms with Crippen LogP contribution in [0.2, 0.25) is 0 Å². The van der Waals surface area contributed by atoms with Gasteiger partial charge in [0.25, 0.3) is 5.91 Å². The first-order chi connectivity index (χ1) is 22.7. The van der Waals surface area contributed by atoms with Gasteiger partial charge in [-0.2, -0.15) is 0 Å². The number of aromatic nitrogens is 4. The molecule has 1 N–H and O–H groups in total. The van der Waals surface area contributed by atoms with Crippen molar-refractivity contribution in [1.82, 2.24) is 34.2 Å². The fourth-order valence-corrected chi connectivity index (χ4v) is 7.50. The molecule has 252 valence electrons. The molecular formula is C35H48N8O4. The molecule has 2 unspecified atom stereocenters. The summed E-state index contributed by atoms with van der Waals surface area (Å²) >= 11 is 0. The SMILES string of the molecule is COC(=O)NC(C(=O)N1CCCC1c1ncc(-c2ccc(N3CCN(C(=O)c4cn(C)c(C5CCCC5)n4)CC3)cc2)n1C)C(C)C. The Balaban J connectivity index is 1.08. The second-order valence-corrected chi connectivity index (χ2v) is 13.5. The van der Waals surface area contributed by atoms with Gasteiger partial charge in [0, 0.05) is 64.6 Å². The van der Waals surface area contributed by atoms with Crippen LogP contribution in [0.1, 0.15) is 86.5 Å². The van der Waals surface area contributed by atoms with E-state index in [0.29, 0.717) is 31.2 Å². The third-order valence-corrected chi connectivity index (χ3v) is 10.2. The summed E-state index contributed by atoms with van der Waals surface area (Å²) in [7, 11) is 5.30. The first-order valence-corrected chi connectivity index (χ1v) is 17.0. The number of methoxy groups -OCH3 is 1. The Kier molecular flexibility index (Phi) is 9.56. The molecule has 1 saturated carbocycles. The predicted molar refractivity (Wildman–Crippen MR) is 179 cm³/mol. The van der Waals surface area contributed by atoms with Crippen molar-refractivity contribution in [2.75, 3.05) is 44.7 Å². The first kappa shape index (κ1) is 32.6. The van der Waals surface area contributed by atoms with Gasteiger partial charge >= 0.3 is 6.09 Å². The van der Waals surface area contributed by atoms with Crippen LogP contribution in [0.3, 0.4) is 0 Å². The third kappa shape index (κ3) is 6.59. The quantitative estimate of drug-likeness (QED) is 0.384. The van der Waals surface area contributed by atoms with E-state index in [1.165, 1.54) is 20.0 Å². The summed E-state index contributed by atoms with van der Waals surface area (Å²) in [6.07, 6.45) is 9.66. The molecule has 3 aromatic rings. The van der Waals surface area contributed by atoms with Crippen molar-refractivity contribution >= 4 is 23.6 Å². The number of alkyl carbamates (subject to hydrolysis) is 1. The molecule has 6 rings (SSSR count). The van der Waals surface area contributed by atoms with Crippen LogP contribution in [0, 0.1) is 5.92 Å². The van der Waals surface area contributed by atoms with Crippen molar-refractivity contribution in [3.63, 3.8) is 0 Å². The number of imidazole rings is 2. The van der Waals surface area contributed by atoms with Gasteiger partial charge in [0.15, 0.2) is 0 Å². The van der Waals surface area contributed by atoms with Crippen LogP contribution >= 0.6 is 0 Å². The summed E-state index contributed by atoms with van der Waals surface area (Å²) in [5, 5.41) is 2.71. The van der Waals surface area contributed by atoms with E-state index in [-0.39, 0.29) is 23.8 Å². The van der Waals surface area contributed by atoms with Crippen LogP contribution in [0.25, 0.3) is 11.3 Å². The Morgan fingerprint density at radius 3 is 2.28 bits per heavy atom. The Morgan fingerprint density at radius 2 is 1.62 bits per heavy atom. The maximum atomic E-state index is 13.6. The molecule has 2 atom stereocenters. The van der Waals surface area contributed by atoms with Crippen molar-refractivity contribution in [2.45, 2.75) is 70.4 Å². The van der Waals surface area contributed by atoms with Crippen LogP contribution in [-0.2, 0) is 23.6 Å². The van der Waals surface area contributed by atoms with Crippen molar-refractivity contribution in [3.8, 4) is 11.3 Å². The lowest BCUT2D eigenvalue weighted by molar-refractivity contribution is -0.135. The van der Waals surface area contributed by atoms with Gasteiger partial charge in [-0.05, 0) is 49.3 Å². The second-order valence-electron chi connectivity index (χ2n) is 13.5. The molecule has 0 bridgehead atoms. The number of carbonyl (C=O) groups excluding carboxylic acids is 3. The number of benzene rings is 1. The van der Waals surface area contributed by atoms with E-state index >= 15 is 0 Å². The summed E-state index contributed by atoms with van der Waals surface area (Å²) in [4.78, 5) is 54.5. The fraction of sp³-hybridized carbons (Fsp3) is 0.571. The molecule has 2 saturated heterocycles. The van der Waals surface area contributed by atoms with Gasteiger partial charge in [-0.3, -0.25) is 9.59 Å².